The highest BCUT2D eigenvalue weighted by Crippen LogP contribution is 2.40. The zero-order chi connectivity index (χ0) is 14.8. The van der Waals surface area contributed by atoms with E-state index in [0.29, 0.717) is 23.9 Å². The molecule has 1 heterocycles. The zero-order valence-electron chi connectivity index (χ0n) is 13.5. The molecule has 1 saturated carbocycles. The van der Waals surface area contributed by atoms with E-state index < -0.39 is 0 Å². The number of aliphatic hydroxyl groups excluding tert-OH is 2. The fourth-order valence-electron chi connectivity index (χ4n) is 4.03. The topological polar surface area (TPSA) is 43.7 Å². The highest BCUT2D eigenvalue weighted by molar-refractivity contribution is 4.87. The molecule has 4 unspecified atom stereocenters. The van der Waals surface area contributed by atoms with Crippen molar-refractivity contribution < 1.29 is 10.2 Å². The van der Waals surface area contributed by atoms with Crippen LogP contribution in [0, 0.1) is 23.2 Å². The van der Waals surface area contributed by atoms with Crippen molar-refractivity contribution in [2.24, 2.45) is 23.2 Å². The van der Waals surface area contributed by atoms with Gasteiger partial charge in [0.2, 0.25) is 0 Å². The molecule has 1 aliphatic carbocycles. The summed E-state index contributed by atoms with van der Waals surface area (Å²) >= 11 is 0. The van der Waals surface area contributed by atoms with Crippen LogP contribution in [0.1, 0.15) is 52.9 Å². The Morgan fingerprint density at radius 3 is 2.55 bits per heavy atom. The summed E-state index contributed by atoms with van der Waals surface area (Å²) in [4.78, 5) is 2.48. The van der Waals surface area contributed by atoms with E-state index in [1.54, 1.807) is 0 Å². The van der Waals surface area contributed by atoms with Crippen molar-refractivity contribution in [2.75, 3.05) is 26.2 Å². The average molecular weight is 283 g/mol. The van der Waals surface area contributed by atoms with Crippen LogP contribution in [0.3, 0.4) is 0 Å². The van der Waals surface area contributed by atoms with Crippen molar-refractivity contribution >= 4 is 0 Å². The van der Waals surface area contributed by atoms with E-state index in [-0.39, 0.29) is 6.10 Å². The molecule has 0 aromatic heterocycles. The lowest BCUT2D eigenvalue weighted by molar-refractivity contribution is -0.00495. The van der Waals surface area contributed by atoms with E-state index in [4.69, 9.17) is 0 Å². The van der Waals surface area contributed by atoms with Crippen LogP contribution >= 0.6 is 0 Å². The van der Waals surface area contributed by atoms with Gasteiger partial charge in [-0.05, 0) is 61.8 Å². The molecule has 118 valence electrons. The standard InChI is InChI=1S/C17H33NO2/c1-17(2,3)15-6-7-16(20)14(9-15)11-18-8-4-5-13(10-18)12-19/h13-16,19-20H,4-12H2,1-3H3. The van der Waals surface area contributed by atoms with Crippen LogP contribution in [-0.2, 0) is 0 Å². The first-order valence-electron chi connectivity index (χ1n) is 8.41. The molecule has 2 fully saturated rings. The molecular formula is C17H33NO2. The number of hydrogen-bond donors (Lipinski definition) is 2. The smallest absolute Gasteiger partial charge is 0.0580 e. The maximum Gasteiger partial charge on any atom is 0.0580 e. The normalized spacial score (nSPS) is 37.0. The van der Waals surface area contributed by atoms with Gasteiger partial charge in [-0.25, -0.2) is 0 Å². The van der Waals surface area contributed by atoms with Crippen molar-refractivity contribution in [1.82, 2.24) is 4.90 Å². The van der Waals surface area contributed by atoms with E-state index in [9.17, 15) is 10.2 Å². The fourth-order valence-corrected chi connectivity index (χ4v) is 4.03. The Balaban J connectivity index is 1.89. The lowest BCUT2D eigenvalue weighted by atomic mass is 9.68. The molecule has 2 aliphatic rings. The van der Waals surface area contributed by atoms with E-state index in [0.717, 1.165) is 44.8 Å². The Labute approximate surface area is 124 Å². The number of nitrogens with zero attached hydrogens (tertiary/aromatic N) is 1. The Bertz CT molecular complexity index is 300. The first-order chi connectivity index (χ1) is 9.40. The molecule has 0 amide bonds. The molecule has 1 saturated heterocycles. The van der Waals surface area contributed by atoms with Gasteiger partial charge in [0.15, 0.2) is 0 Å². The number of aliphatic hydroxyl groups is 2. The first kappa shape index (κ1) is 16.3. The Morgan fingerprint density at radius 1 is 1.15 bits per heavy atom. The lowest BCUT2D eigenvalue weighted by Gasteiger charge is -2.43. The van der Waals surface area contributed by atoms with Gasteiger partial charge in [0.1, 0.15) is 0 Å². The minimum atomic E-state index is -0.122. The van der Waals surface area contributed by atoms with Crippen molar-refractivity contribution in [3.63, 3.8) is 0 Å². The van der Waals surface area contributed by atoms with E-state index in [1.807, 2.05) is 0 Å². The second-order valence-electron chi connectivity index (χ2n) is 8.15. The molecule has 0 radical (unpaired) electrons. The summed E-state index contributed by atoms with van der Waals surface area (Å²) in [5, 5.41) is 19.7. The zero-order valence-corrected chi connectivity index (χ0v) is 13.5. The summed E-state index contributed by atoms with van der Waals surface area (Å²) in [7, 11) is 0. The van der Waals surface area contributed by atoms with Crippen LogP contribution in [0.25, 0.3) is 0 Å². The molecule has 1 aliphatic heterocycles. The summed E-state index contributed by atoms with van der Waals surface area (Å²) in [5.74, 6) is 1.60. The van der Waals surface area contributed by atoms with Crippen LogP contribution in [0.15, 0.2) is 0 Å². The van der Waals surface area contributed by atoms with Gasteiger partial charge >= 0.3 is 0 Å². The van der Waals surface area contributed by atoms with Crippen molar-refractivity contribution in [2.45, 2.75) is 59.0 Å². The van der Waals surface area contributed by atoms with Crippen LogP contribution in [0.2, 0.25) is 0 Å². The highest BCUT2D eigenvalue weighted by Gasteiger charge is 2.36. The van der Waals surface area contributed by atoms with Crippen LogP contribution in [-0.4, -0.2) is 47.5 Å². The van der Waals surface area contributed by atoms with Crippen LogP contribution in [0.4, 0.5) is 0 Å². The molecular weight excluding hydrogens is 250 g/mol. The first-order valence-corrected chi connectivity index (χ1v) is 8.41. The molecule has 2 rings (SSSR count). The van der Waals surface area contributed by atoms with E-state index in [1.165, 1.54) is 12.8 Å². The fraction of sp³-hybridized carbons (Fsp3) is 1.00. The monoisotopic (exact) mass is 283 g/mol. The van der Waals surface area contributed by atoms with Crippen LogP contribution < -0.4 is 0 Å². The van der Waals surface area contributed by atoms with Gasteiger partial charge in [-0.2, -0.15) is 0 Å². The predicted octanol–water partition coefficient (Wildman–Crippen LogP) is 2.51. The molecule has 3 nitrogen and oxygen atoms in total. The molecule has 20 heavy (non-hydrogen) atoms. The molecule has 3 heteroatoms. The third kappa shape index (κ3) is 4.19. The molecule has 4 atom stereocenters. The largest absolute Gasteiger partial charge is 0.396 e. The summed E-state index contributed by atoms with van der Waals surface area (Å²) in [6.45, 7) is 10.5. The minimum Gasteiger partial charge on any atom is -0.396 e. The molecule has 0 spiro atoms. The second-order valence-corrected chi connectivity index (χ2v) is 8.15. The van der Waals surface area contributed by atoms with E-state index in [2.05, 4.69) is 25.7 Å². The number of rotatable bonds is 3. The predicted molar refractivity (Wildman–Crippen MR) is 82.5 cm³/mol. The maximum absolute atomic E-state index is 10.3. The molecule has 0 aromatic carbocycles. The van der Waals surface area contributed by atoms with Gasteiger partial charge in [0.25, 0.3) is 0 Å². The Kier molecular flexibility index (Phi) is 5.49. The quantitative estimate of drug-likeness (QED) is 0.836. The van der Waals surface area contributed by atoms with Crippen molar-refractivity contribution in [1.29, 1.82) is 0 Å². The van der Waals surface area contributed by atoms with Gasteiger partial charge in [-0.3, -0.25) is 0 Å². The molecule has 0 bridgehead atoms. The third-order valence-electron chi connectivity index (χ3n) is 5.52. The highest BCUT2D eigenvalue weighted by atomic mass is 16.3. The lowest BCUT2D eigenvalue weighted by Crippen LogP contribution is -2.45. The summed E-state index contributed by atoms with van der Waals surface area (Å²) < 4.78 is 0. The SMILES string of the molecule is CC(C)(C)C1CCC(O)C(CN2CCCC(CO)C2)C1. The third-order valence-corrected chi connectivity index (χ3v) is 5.52. The molecule has 0 aromatic rings. The van der Waals surface area contributed by atoms with E-state index >= 15 is 0 Å². The average Bonchev–Trinajstić information content (AvgIpc) is 2.40. The Hall–Kier alpha value is -0.120. The summed E-state index contributed by atoms with van der Waals surface area (Å²) in [6.07, 6.45) is 5.51. The van der Waals surface area contributed by atoms with Gasteiger partial charge < -0.3 is 15.1 Å². The van der Waals surface area contributed by atoms with Crippen molar-refractivity contribution in [3.05, 3.63) is 0 Å². The summed E-state index contributed by atoms with van der Waals surface area (Å²) in [6, 6.07) is 0. The van der Waals surface area contributed by atoms with Gasteiger partial charge in [0.05, 0.1) is 6.10 Å². The second kappa shape index (κ2) is 6.76. The van der Waals surface area contributed by atoms with Crippen LogP contribution in [0.5, 0.6) is 0 Å². The minimum absolute atomic E-state index is 0.122. The number of likely N-dealkylation sites (tertiary alicyclic amines) is 1. The van der Waals surface area contributed by atoms with Gasteiger partial charge in [-0.1, -0.05) is 20.8 Å². The van der Waals surface area contributed by atoms with Gasteiger partial charge in [-0.15, -0.1) is 0 Å². The number of hydrogen-bond acceptors (Lipinski definition) is 3. The Morgan fingerprint density at radius 2 is 1.90 bits per heavy atom. The number of piperidine rings is 1. The molecule has 2 N–H and O–H groups in total. The maximum atomic E-state index is 10.3. The van der Waals surface area contributed by atoms with Gasteiger partial charge in [0, 0.05) is 19.7 Å². The summed E-state index contributed by atoms with van der Waals surface area (Å²) in [5.41, 5.74) is 0.355. The van der Waals surface area contributed by atoms with Crippen molar-refractivity contribution in [3.8, 4) is 0 Å².